The Labute approximate surface area is 216 Å². The molecule has 200 valence electrons. The molecule has 38 heavy (non-hydrogen) atoms. The highest BCUT2D eigenvalue weighted by Gasteiger charge is 2.26. The molecule has 0 bridgehead atoms. The molecule has 0 saturated carbocycles. The quantitative estimate of drug-likeness (QED) is 0.278. The van der Waals surface area contributed by atoms with Crippen molar-refractivity contribution in [2.45, 2.75) is 13.8 Å². The van der Waals surface area contributed by atoms with Crippen molar-refractivity contribution in [2.24, 2.45) is 0 Å². The largest absolute Gasteiger partial charge is 0.452 e. The van der Waals surface area contributed by atoms with Gasteiger partial charge in [0.1, 0.15) is 0 Å². The molecule has 3 rings (SSSR count). The van der Waals surface area contributed by atoms with Gasteiger partial charge in [-0.3, -0.25) is 29.8 Å². The maximum Gasteiger partial charge on any atom is 0.338 e. The van der Waals surface area contributed by atoms with Crippen LogP contribution in [0.1, 0.15) is 31.8 Å². The van der Waals surface area contributed by atoms with Gasteiger partial charge in [-0.25, -0.2) is 9.59 Å². The Morgan fingerprint density at radius 2 is 1.05 bits per heavy atom. The highest BCUT2D eigenvalue weighted by molar-refractivity contribution is 5.92. The lowest BCUT2D eigenvalue weighted by atomic mass is 10.1. The molecule has 0 radical (unpaired) electrons. The average molecular weight is 528 g/mol. The van der Waals surface area contributed by atoms with Crippen molar-refractivity contribution in [1.82, 2.24) is 9.80 Å². The molecular weight excluding hydrogens is 504 g/mol. The number of nitrogens with zero attached hydrogens (tertiary/aromatic N) is 4. The molecule has 2 amide bonds. The third-order valence-corrected chi connectivity index (χ3v) is 5.90. The summed E-state index contributed by atoms with van der Waals surface area (Å²) >= 11 is 0. The zero-order chi connectivity index (χ0) is 28.0. The maximum absolute atomic E-state index is 12.4. The van der Waals surface area contributed by atoms with E-state index in [4.69, 9.17) is 9.47 Å². The van der Waals surface area contributed by atoms with Crippen LogP contribution in [0.2, 0.25) is 0 Å². The van der Waals surface area contributed by atoms with Gasteiger partial charge in [-0.15, -0.1) is 0 Å². The van der Waals surface area contributed by atoms with Crippen LogP contribution >= 0.6 is 0 Å². The summed E-state index contributed by atoms with van der Waals surface area (Å²) in [5.74, 6) is -2.53. The lowest BCUT2D eigenvalue weighted by molar-refractivity contribution is -0.385. The molecule has 14 nitrogen and oxygen atoms in total. The summed E-state index contributed by atoms with van der Waals surface area (Å²) < 4.78 is 10.1. The van der Waals surface area contributed by atoms with Crippen LogP contribution < -0.4 is 0 Å². The minimum absolute atomic E-state index is 0.0785. The molecule has 0 atom stereocenters. The van der Waals surface area contributed by atoms with Crippen molar-refractivity contribution in [1.29, 1.82) is 0 Å². The van der Waals surface area contributed by atoms with Crippen LogP contribution in [0.25, 0.3) is 0 Å². The van der Waals surface area contributed by atoms with Crippen LogP contribution in [0.4, 0.5) is 11.4 Å². The fraction of sp³-hybridized carbons (Fsp3) is 0.333. The maximum atomic E-state index is 12.4. The summed E-state index contributed by atoms with van der Waals surface area (Å²) in [5.41, 5.74) is 0.446. The standard InChI is InChI=1S/C24H24N4O10/c1-15-11-17(3-5-19(15)27(33)34)23(31)37-13-21(29)25-7-9-26(10-8-25)22(30)14-38-24(32)18-4-6-20(28(35)36)16(2)12-18/h3-6,11-12H,7-10,13-14H2,1-2H3. The molecule has 0 unspecified atom stereocenters. The first kappa shape index (κ1) is 27.7. The molecule has 0 aromatic heterocycles. The highest BCUT2D eigenvalue weighted by Crippen LogP contribution is 2.20. The fourth-order valence-corrected chi connectivity index (χ4v) is 3.78. The van der Waals surface area contributed by atoms with Gasteiger partial charge in [0, 0.05) is 49.4 Å². The number of nitro benzene ring substituents is 2. The number of esters is 2. The molecule has 14 heteroatoms. The first-order chi connectivity index (χ1) is 18.0. The minimum atomic E-state index is -0.796. The lowest BCUT2D eigenvalue weighted by Crippen LogP contribution is -2.52. The van der Waals surface area contributed by atoms with Crippen molar-refractivity contribution in [3.05, 3.63) is 78.9 Å². The van der Waals surface area contributed by atoms with Crippen LogP contribution in [0.15, 0.2) is 36.4 Å². The average Bonchev–Trinajstić information content (AvgIpc) is 2.89. The van der Waals surface area contributed by atoms with Gasteiger partial charge in [-0.1, -0.05) is 0 Å². The van der Waals surface area contributed by atoms with Gasteiger partial charge >= 0.3 is 11.9 Å². The zero-order valence-electron chi connectivity index (χ0n) is 20.6. The second kappa shape index (κ2) is 11.9. The molecule has 1 saturated heterocycles. The molecule has 0 aliphatic carbocycles. The number of rotatable bonds is 8. The normalized spacial score (nSPS) is 13.0. The van der Waals surface area contributed by atoms with Crippen LogP contribution in [-0.2, 0) is 19.1 Å². The summed E-state index contributed by atoms with van der Waals surface area (Å²) in [6, 6.07) is 7.49. The van der Waals surface area contributed by atoms with Gasteiger partial charge in [-0.2, -0.15) is 0 Å². The van der Waals surface area contributed by atoms with E-state index < -0.39 is 46.8 Å². The predicted molar refractivity (Wildman–Crippen MR) is 129 cm³/mol. The van der Waals surface area contributed by atoms with E-state index >= 15 is 0 Å². The van der Waals surface area contributed by atoms with Gasteiger partial charge in [-0.05, 0) is 38.1 Å². The Balaban J connectivity index is 1.43. The van der Waals surface area contributed by atoms with E-state index in [1.54, 1.807) is 0 Å². The summed E-state index contributed by atoms with van der Waals surface area (Å²) in [6.45, 7) is 2.60. The number of hydrogen-bond acceptors (Lipinski definition) is 10. The van der Waals surface area contributed by atoms with E-state index in [1.165, 1.54) is 60.0 Å². The molecule has 0 N–H and O–H groups in total. The van der Waals surface area contributed by atoms with E-state index in [-0.39, 0.29) is 59.8 Å². The molecule has 2 aromatic carbocycles. The van der Waals surface area contributed by atoms with Crippen molar-refractivity contribution >= 4 is 35.1 Å². The monoisotopic (exact) mass is 528 g/mol. The Bertz CT molecular complexity index is 1200. The van der Waals surface area contributed by atoms with Crippen LogP contribution in [0, 0.1) is 34.1 Å². The molecule has 1 heterocycles. The van der Waals surface area contributed by atoms with E-state index in [0.717, 1.165) is 0 Å². The van der Waals surface area contributed by atoms with Gasteiger partial charge in [0.2, 0.25) is 0 Å². The summed E-state index contributed by atoms with van der Waals surface area (Å²) in [7, 11) is 0. The SMILES string of the molecule is Cc1cc(C(=O)OCC(=O)N2CCN(C(=O)COC(=O)c3ccc([N+](=O)[O-])c(C)c3)CC2)ccc1[N+](=O)[O-]. The zero-order valence-corrected chi connectivity index (χ0v) is 20.6. The molecule has 2 aromatic rings. The number of ether oxygens (including phenoxy) is 2. The van der Waals surface area contributed by atoms with E-state index in [9.17, 15) is 39.4 Å². The molecule has 1 fully saturated rings. The Hall–Kier alpha value is -4.88. The van der Waals surface area contributed by atoms with Crippen LogP contribution in [0.3, 0.4) is 0 Å². The molecule has 0 spiro atoms. The van der Waals surface area contributed by atoms with E-state index in [0.29, 0.717) is 0 Å². The first-order valence-electron chi connectivity index (χ1n) is 11.4. The van der Waals surface area contributed by atoms with Crippen LogP contribution in [0.5, 0.6) is 0 Å². The summed E-state index contributed by atoms with van der Waals surface area (Å²) in [4.78, 5) is 72.8. The van der Waals surface area contributed by atoms with Crippen LogP contribution in [-0.4, -0.2) is 82.8 Å². The number of hydrogen-bond donors (Lipinski definition) is 0. The Morgan fingerprint density at radius 3 is 1.34 bits per heavy atom. The van der Waals surface area contributed by atoms with Crippen molar-refractivity contribution < 1.29 is 38.5 Å². The number of carbonyl (C=O) groups excluding carboxylic acids is 4. The second-order valence-corrected chi connectivity index (χ2v) is 8.43. The third kappa shape index (κ3) is 6.66. The summed E-state index contributed by atoms with van der Waals surface area (Å²) in [6.07, 6.45) is 0. The fourth-order valence-electron chi connectivity index (χ4n) is 3.78. The topological polar surface area (TPSA) is 180 Å². The minimum Gasteiger partial charge on any atom is -0.452 e. The lowest BCUT2D eigenvalue weighted by Gasteiger charge is -2.34. The van der Waals surface area contributed by atoms with Crippen molar-refractivity contribution in [3.8, 4) is 0 Å². The first-order valence-corrected chi connectivity index (χ1v) is 11.4. The predicted octanol–water partition coefficient (Wildman–Crippen LogP) is 1.80. The number of piperazine rings is 1. The molecular formula is C24H24N4O10. The van der Waals surface area contributed by atoms with Gasteiger partial charge in [0.05, 0.1) is 21.0 Å². The smallest absolute Gasteiger partial charge is 0.338 e. The number of amides is 2. The number of aryl methyl sites for hydroxylation is 2. The Kier molecular flexibility index (Phi) is 8.68. The number of carbonyl (C=O) groups is 4. The van der Waals surface area contributed by atoms with Gasteiger partial charge < -0.3 is 19.3 Å². The van der Waals surface area contributed by atoms with Crippen molar-refractivity contribution in [2.75, 3.05) is 39.4 Å². The van der Waals surface area contributed by atoms with E-state index in [2.05, 4.69) is 0 Å². The van der Waals surface area contributed by atoms with E-state index in [1.807, 2.05) is 0 Å². The van der Waals surface area contributed by atoms with Gasteiger partial charge in [0.25, 0.3) is 23.2 Å². The summed E-state index contributed by atoms with van der Waals surface area (Å²) in [5, 5.41) is 21.8. The third-order valence-electron chi connectivity index (χ3n) is 5.90. The Morgan fingerprint density at radius 1 is 0.711 bits per heavy atom. The van der Waals surface area contributed by atoms with Gasteiger partial charge in [0.15, 0.2) is 13.2 Å². The molecule has 1 aliphatic heterocycles. The number of nitro groups is 2. The second-order valence-electron chi connectivity index (χ2n) is 8.43. The highest BCUT2D eigenvalue weighted by atomic mass is 16.6. The van der Waals surface area contributed by atoms with Crippen molar-refractivity contribution in [3.63, 3.8) is 0 Å². The molecule has 1 aliphatic rings. The number of benzene rings is 2.